The highest BCUT2D eigenvalue weighted by Crippen LogP contribution is 2.03. The molecule has 0 fully saturated rings. The maximum atomic E-state index is 11.9. The molecule has 1 heterocycles. The molecule has 25 heavy (non-hydrogen) atoms. The van der Waals surface area contributed by atoms with Crippen molar-refractivity contribution in [2.24, 2.45) is 4.99 Å². The predicted molar refractivity (Wildman–Crippen MR) is 102 cm³/mol. The Bertz CT molecular complexity index is 517. The Labute approximate surface area is 150 Å². The van der Waals surface area contributed by atoms with E-state index in [1.807, 2.05) is 26.8 Å². The number of aryl methyl sites for hydroxylation is 1. The van der Waals surface area contributed by atoms with Gasteiger partial charge in [-0.3, -0.25) is 9.79 Å². The zero-order valence-electron chi connectivity index (χ0n) is 15.6. The Morgan fingerprint density at radius 1 is 1.24 bits per heavy atom. The van der Waals surface area contributed by atoms with Gasteiger partial charge in [-0.05, 0) is 45.2 Å². The van der Waals surface area contributed by atoms with E-state index in [1.165, 1.54) is 0 Å². The van der Waals surface area contributed by atoms with Crippen molar-refractivity contribution in [3.8, 4) is 0 Å². The number of aliphatic imine (C=N–C) groups is 1. The van der Waals surface area contributed by atoms with Crippen LogP contribution in [-0.2, 0) is 9.53 Å². The van der Waals surface area contributed by atoms with Gasteiger partial charge in [0.1, 0.15) is 5.82 Å². The van der Waals surface area contributed by atoms with Gasteiger partial charge in [0.15, 0.2) is 5.96 Å². The number of carbonyl (C=O) groups is 1. The first kappa shape index (κ1) is 20.9. The first-order valence-corrected chi connectivity index (χ1v) is 8.98. The summed E-state index contributed by atoms with van der Waals surface area (Å²) in [5.41, 5.74) is 1.06. The number of nitrogens with one attached hydrogen (secondary N) is 3. The minimum atomic E-state index is -0.0728. The number of unbranched alkanes of at least 4 members (excludes halogenated alkanes) is 1. The fourth-order valence-electron chi connectivity index (χ4n) is 2.03. The SMILES string of the molecule is CCNC(=NCCCCOCC)NCCC(=O)Nc1ccc(C)cn1. The molecule has 0 atom stereocenters. The minimum absolute atomic E-state index is 0.0728. The van der Waals surface area contributed by atoms with E-state index in [0.29, 0.717) is 18.8 Å². The van der Waals surface area contributed by atoms with Gasteiger partial charge >= 0.3 is 0 Å². The van der Waals surface area contributed by atoms with Crippen LogP contribution in [0.1, 0.15) is 38.7 Å². The smallest absolute Gasteiger partial charge is 0.227 e. The van der Waals surface area contributed by atoms with E-state index in [2.05, 4.69) is 25.9 Å². The van der Waals surface area contributed by atoms with Crippen LogP contribution in [-0.4, -0.2) is 49.7 Å². The van der Waals surface area contributed by atoms with Gasteiger partial charge in [0.25, 0.3) is 0 Å². The van der Waals surface area contributed by atoms with Crippen molar-refractivity contribution in [1.29, 1.82) is 0 Å². The second kappa shape index (κ2) is 13.2. The molecule has 1 aromatic rings. The van der Waals surface area contributed by atoms with Crippen LogP contribution in [0.4, 0.5) is 5.82 Å². The number of guanidine groups is 1. The van der Waals surface area contributed by atoms with Crippen LogP contribution < -0.4 is 16.0 Å². The first-order chi connectivity index (χ1) is 12.2. The second-order valence-electron chi connectivity index (χ2n) is 5.61. The highest BCUT2D eigenvalue weighted by Gasteiger charge is 2.04. The summed E-state index contributed by atoms with van der Waals surface area (Å²) in [5, 5.41) is 9.14. The van der Waals surface area contributed by atoms with Crippen LogP contribution in [0.25, 0.3) is 0 Å². The molecule has 0 unspecified atom stereocenters. The van der Waals surface area contributed by atoms with Crippen LogP contribution in [0.5, 0.6) is 0 Å². The molecular weight excluding hydrogens is 318 g/mol. The molecule has 0 aliphatic heterocycles. The van der Waals surface area contributed by atoms with Gasteiger partial charge in [0.2, 0.25) is 5.91 Å². The normalized spacial score (nSPS) is 11.2. The highest BCUT2D eigenvalue weighted by molar-refractivity contribution is 5.90. The summed E-state index contributed by atoms with van der Waals surface area (Å²) in [5.74, 6) is 1.24. The molecule has 7 nitrogen and oxygen atoms in total. The van der Waals surface area contributed by atoms with Gasteiger partial charge in [0, 0.05) is 45.5 Å². The van der Waals surface area contributed by atoms with Crippen molar-refractivity contribution in [2.75, 3.05) is 38.2 Å². The molecule has 0 aromatic carbocycles. The van der Waals surface area contributed by atoms with Gasteiger partial charge in [-0.1, -0.05) is 6.07 Å². The quantitative estimate of drug-likeness (QED) is 0.323. The molecule has 0 saturated carbocycles. The standard InChI is InChI=1S/C18H31N5O2/c1-4-19-18(20-11-6-7-13-25-5-2)21-12-10-17(24)23-16-9-8-15(3)14-22-16/h8-9,14H,4-7,10-13H2,1-3H3,(H2,19,20,21)(H,22,23,24). The lowest BCUT2D eigenvalue weighted by molar-refractivity contribution is -0.116. The van der Waals surface area contributed by atoms with E-state index in [9.17, 15) is 4.79 Å². The molecule has 1 rings (SSSR count). The molecule has 0 aliphatic rings. The van der Waals surface area contributed by atoms with Crippen LogP contribution in [0.2, 0.25) is 0 Å². The Morgan fingerprint density at radius 3 is 2.76 bits per heavy atom. The summed E-state index contributed by atoms with van der Waals surface area (Å²) < 4.78 is 5.31. The van der Waals surface area contributed by atoms with Crippen molar-refractivity contribution >= 4 is 17.7 Å². The van der Waals surface area contributed by atoms with Crippen LogP contribution >= 0.6 is 0 Å². The van der Waals surface area contributed by atoms with Gasteiger partial charge < -0.3 is 20.7 Å². The molecule has 0 saturated heterocycles. The number of ether oxygens (including phenoxy) is 1. The van der Waals surface area contributed by atoms with E-state index >= 15 is 0 Å². The second-order valence-corrected chi connectivity index (χ2v) is 5.61. The van der Waals surface area contributed by atoms with Crippen molar-refractivity contribution in [3.05, 3.63) is 23.9 Å². The zero-order valence-corrected chi connectivity index (χ0v) is 15.6. The Hall–Kier alpha value is -2.15. The van der Waals surface area contributed by atoms with Gasteiger partial charge in [-0.15, -0.1) is 0 Å². The largest absolute Gasteiger partial charge is 0.382 e. The highest BCUT2D eigenvalue weighted by atomic mass is 16.5. The van der Waals surface area contributed by atoms with Gasteiger partial charge in [0.05, 0.1) is 0 Å². The third-order valence-corrected chi connectivity index (χ3v) is 3.34. The number of anilines is 1. The fraction of sp³-hybridized carbons (Fsp3) is 0.611. The maximum absolute atomic E-state index is 11.9. The van der Waals surface area contributed by atoms with Crippen molar-refractivity contribution < 1.29 is 9.53 Å². The topological polar surface area (TPSA) is 87.6 Å². The molecule has 1 aromatic heterocycles. The van der Waals surface area contributed by atoms with Gasteiger partial charge in [-0.25, -0.2) is 4.98 Å². The molecule has 140 valence electrons. The summed E-state index contributed by atoms with van der Waals surface area (Å²) >= 11 is 0. The first-order valence-electron chi connectivity index (χ1n) is 8.98. The molecule has 0 aliphatic carbocycles. The third-order valence-electron chi connectivity index (χ3n) is 3.34. The summed E-state index contributed by atoms with van der Waals surface area (Å²) in [6, 6.07) is 3.72. The van der Waals surface area contributed by atoms with Crippen LogP contribution in [0.3, 0.4) is 0 Å². The van der Waals surface area contributed by atoms with Crippen LogP contribution in [0.15, 0.2) is 23.3 Å². The number of nitrogens with zero attached hydrogens (tertiary/aromatic N) is 2. The number of pyridine rings is 1. The molecule has 0 radical (unpaired) electrons. The van der Waals surface area contributed by atoms with E-state index in [0.717, 1.165) is 50.7 Å². The van der Waals surface area contributed by atoms with E-state index in [-0.39, 0.29) is 5.91 Å². The number of carbonyl (C=O) groups excluding carboxylic acids is 1. The molecule has 7 heteroatoms. The molecule has 0 spiro atoms. The number of hydrogen-bond acceptors (Lipinski definition) is 4. The average Bonchev–Trinajstić information content (AvgIpc) is 2.60. The van der Waals surface area contributed by atoms with Crippen molar-refractivity contribution in [3.63, 3.8) is 0 Å². The minimum Gasteiger partial charge on any atom is -0.382 e. The van der Waals surface area contributed by atoms with E-state index in [4.69, 9.17) is 4.74 Å². The van der Waals surface area contributed by atoms with Gasteiger partial charge in [-0.2, -0.15) is 0 Å². The molecule has 1 amide bonds. The maximum Gasteiger partial charge on any atom is 0.227 e. The summed E-state index contributed by atoms with van der Waals surface area (Å²) in [7, 11) is 0. The van der Waals surface area contributed by atoms with E-state index < -0.39 is 0 Å². The lowest BCUT2D eigenvalue weighted by Crippen LogP contribution is -2.38. The monoisotopic (exact) mass is 349 g/mol. The molecule has 3 N–H and O–H groups in total. The summed E-state index contributed by atoms with van der Waals surface area (Å²) in [6.07, 6.45) is 4.07. The Morgan fingerprint density at radius 2 is 2.08 bits per heavy atom. The zero-order chi connectivity index (χ0) is 18.3. The summed E-state index contributed by atoms with van der Waals surface area (Å²) in [6.45, 7) is 9.55. The number of rotatable bonds is 11. The van der Waals surface area contributed by atoms with Crippen molar-refractivity contribution in [1.82, 2.24) is 15.6 Å². The predicted octanol–water partition coefficient (Wildman–Crippen LogP) is 2.09. The molecular formula is C18H31N5O2. The van der Waals surface area contributed by atoms with E-state index in [1.54, 1.807) is 12.3 Å². The van der Waals surface area contributed by atoms with Crippen molar-refractivity contribution in [2.45, 2.75) is 40.0 Å². The summed E-state index contributed by atoms with van der Waals surface area (Å²) in [4.78, 5) is 20.6. The number of aromatic nitrogens is 1. The fourth-order valence-corrected chi connectivity index (χ4v) is 2.03. The van der Waals surface area contributed by atoms with Crippen LogP contribution in [0, 0.1) is 6.92 Å². The third kappa shape index (κ3) is 10.3. The lowest BCUT2D eigenvalue weighted by atomic mass is 10.3. The number of amides is 1. The Kier molecular flexibility index (Phi) is 11.0. The number of hydrogen-bond donors (Lipinski definition) is 3. The molecule has 0 bridgehead atoms. The average molecular weight is 349 g/mol. The Balaban J connectivity index is 2.26. The lowest BCUT2D eigenvalue weighted by Gasteiger charge is -2.11.